The zero-order valence-electron chi connectivity index (χ0n) is 22.1. The molecule has 0 saturated carbocycles. The molecule has 2 aliphatic heterocycles. The van der Waals surface area contributed by atoms with E-state index in [1.54, 1.807) is 6.07 Å². The van der Waals surface area contributed by atoms with Crippen LogP contribution in [0.2, 0.25) is 0 Å². The number of benzene rings is 2. The van der Waals surface area contributed by atoms with Gasteiger partial charge in [0, 0.05) is 33.0 Å². The molecule has 0 spiro atoms. The molecule has 0 aliphatic carbocycles. The molecule has 216 valence electrons. The lowest BCUT2D eigenvalue weighted by Gasteiger charge is -2.30. The molecule has 2 amide bonds. The van der Waals surface area contributed by atoms with Gasteiger partial charge in [-0.2, -0.15) is 13.2 Å². The quantitative estimate of drug-likeness (QED) is 0.370. The van der Waals surface area contributed by atoms with E-state index in [0.29, 0.717) is 24.0 Å². The number of carbonyl (C=O) groups is 2. The highest BCUT2D eigenvalue weighted by Crippen LogP contribution is 2.29. The number of aliphatic hydroxyl groups excluding tert-OH is 1. The number of hydrogen-bond acceptors (Lipinski definition) is 5. The van der Waals surface area contributed by atoms with Crippen molar-refractivity contribution in [2.75, 3.05) is 20.2 Å². The van der Waals surface area contributed by atoms with Crippen molar-refractivity contribution >= 4 is 11.8 Å². The van der Waals surface area contributed by atoms with Crippen LogP contribution in [0.1, 0.15) is 42.4 Å². The molecule has 0 radical (unpaired) electrons. The summed E-state index contributed by atoms with van der Waals surface area (Å²) >= 11 is 0. The third kappa shape index (κ3) is 8.69. The normalized spacial score (nSPS) is 20.0. The van der Waals surface area contributed by atoms with Crippen molar-refractivity contribution in [1.29, 1.82) is 0 Å². The summed E-state index contributed by atoms with van der Waals surface area (Å²) in [7, 11) is 1.49. The Hall–Kier alpha value is -3.62. The number of halogens is 4. The van der Waals surface area contributed by atoms with Gasteiger partial charge in [-0.25, -0.2) is 4.39 Å². The summed E-state index contributed by atoms with van der Waals surface area (Å²) in [5.41, 5.74) is 0.0397. The monoisotopic (exact) mass is 563 g/mol. The molecule has 3 N–H and O–H groups in total. The van der Waals surface area contributed by atoms with Crippen LogP contribution in [0.5, 0.6) is 5.75 Å². The second-order valence-corrected chi connectivity index (χ2v) is 9.71. The molecular weight excluding hydrogens is 530 g/mol. The van der Waals surface area contributed by atoms with Gasteiger partial charge in [0.1, 0.15) is 6.04 Å². The van der Waals surface area contributed by atoms with Crippen molar-refractivity contribution < 1.29 is 37.0 Å². The maximum atomic E-state index is 14.7. The number of rotatable bonds is 6. The Kier molecular flexibility index (Phi) is 10.9. The first-order chi connectivity index (χ1) is 19.0. The van der Waals surface area contributed by atoms with Gasteiger partial charge >= 0.3 is 6.18 Å². The number of alkyl halides is 3. The van der Waals surface area contributed by atoms with Crippen LogP contribution in [0, 0.1) is 18.2 Å². The number of carbonyl (C=O) groups excluding carboxylic acids is 2. The number of aliphatic hydroxyl groups is 1. The Bertz CT molecular complexity index is 1210. The van der Waals surface area contributed by atoms with Gasteiger partial charge in [0.05, 0.1) is 24.3 Å². The summed E-state index contributed by atoms with van der Waals surface area (Å²) in [5, 5.41) is 16.7. The minimum Gasteiger partial charge on any atom is -0.491 e. The van der Waals surface area contributed by atoms with Crippen molar-refractivity contribution in [3.8, 4) is 18.1 Å². The van der Waals surface area contributed by atoms with Crippen molar-refractivity contribution in [2.24, 2.45) is 0 Å². The molecule has 0 fully saturated rings. The molecule has 40 heavy (non-hydrogen) atoms. The molecule has 4 rings (SSSR count). The fourth-order valence-electron chi connectivity index (χ4n) is 4.40. The zero-order chi connectivity index (χ0) is 29.3. The van der Waals surface area contributed by atoms with Crippen LogP contribution in [-0.4, -0.2) is 60.2 Å². The molecule has 0 aromatic heterocycles. The van der Waals surface area contributed by atoms with Gasteiger partial charge in [0.2, 0.25) is 11.8 Å². The number of amides is 2. The topological polar surface area (TPSA) is 90.9 Å². The maximum Gasteiger partial charge on any atom is 0.416 e. The number of nitrogens with one attached hydrogen (secondary N) is 2. The van der Waals surface area contributed by atoms with Crippen LogP contribution in [-0.2, 0) is 28.7 Å². The van der Waals surface area contributed by atoms with E-state index < -0.39 is 41.7 Å². The van der Waals surface area contributed by atoms with Crippen molar-refractivity contribution in [3.63, 3.8) is 0 Å². The summed E-state index contributed by atoms with van der Waals surface area (Å²) in [6, 6.07) is 7.22. The lowest BCUT2D eigenvalue weighted by Crippen LogP contribution is -2.55. The summed E-state index contributed by atoms with van der Waals surface area (Å²) in [5.74, 6) is 0.982. The van der Waals surface area contributed by atoms with Gasteiger partial charge in [-0.15, -0.1) is 12.3 Å². The fourth-order valence-corrected chi connectivity index (χ4v) is 4.40. The highest BCUT2D eigenvalue weighted by atomic mass is 19.4. The Labute approximate surface area is 230 Å². The summed E-state index contributed by atoms with van der Waals surface area (Å²) in [6.07, 6.45) is 0.839. The van der Waals surface area contributed by atoms with Gasteiger partial charge in [-0.05, 0) is 48.6 Å². The van der Waals surface area contributed by atoms with Crippen LogP contribution in [0.25, 0.3) is 0 Å². The molecular formula is C29H33F4N3O4. The van der Waals surface area contributed by atoms with Crippen LogP contribution >= 0.6 is 0 Å². The van der Waals surface area contributed by atoms with E-state index in [-0.39, 0.29) is 50.6 Å². The summed E-state index contributed by atoms with van der Waals surface area (Å²) < 4.78 is 59.3. The lowest BCUT2D eigenvalue weighted by atomic mass is 9.99. The molecule has 3 unspecified atom stereocenters. The first-order valence-corrected chi connectivity index (χ1v) is 12.9. The van der Waals surface area contributed by atoms with Gasteiger partial charge in [0.15, 0.2) is 11.6 Å². The van der Waals surface area contributed by atoms with Crippen LogP contribution in [0.4, 0.5) is 17.6 Å². The number of nitrogens with zero attached hydrogens (tertiary/aromatic N) is 1. The van der Waals surface area contributed by atoms with Gasteiger partial charge in [0.25, 0.3) is 0 Å². The molecule has 3 atom stereocenters. The van der Waals surface area contributed by atoms with E-state index in [0.717, 1.165) is 12.1 Å². The van der Waals surface area contributed by atoms with E-state index in [4.69, 9.17) is 11.2 Å². The van der Waals surface area contributed by atoms with Crippen molar-refractivity contribution in [1.82, 2.24) is 15.5 Å². The number of terminal acetylenes is 1. The highest BCUT2D eigenvalue weighted by molar-refractivity contribution is 5.88. The molecule has 2 bridgehead atoms. The standard InChI is InChI=1S/C29H33F4N3O4/c1-3-7-24-28(39)35-23(25(37)18-34-17-20-8-6-9-21(14-20)29(31,32)33)16-19-11-12-26(22(30)15-19)40-13-5-4-10-27(38)36(24)2/h1,6,8-9,11-12,14-15,23-25,34,37H,4-5,7,10,13,16-18H2,2H3,(H,35,39). The predicted octanol–water partition coefficient (Wildman–Crippen LogP) is 3.44. The highest BCUT2D eigenvalue weighted by Gasteiger charge is 2.31. The zero-order valence-corrected chi connectivity index (χ0v) is 22.1. The van der Waals surface area contributed by atoms with E-state index in [2.05, 4.69) is 16.6 Å². The SMILES string of the molecule is C#CCC1C(=O)NC(C(O)CNCc2cccc(C(F)(F)F)c2)Cc2ccc(c(F)c2)OCCCCC(=O)N1C. The number of likely N-dealkylation sites (N-methyl/N-ethyl adjacent to an activating group) is 1. The molecule has 2 aromatic rings. The first kappa shape index (κ1) is 30.9. The van der Waals surface area contributed by atoms with Gasteiger partial charge in [-0.3, -0.25) is 9.59 Å². The van der Waals surface area contributed by atoms with Gasteiger partial charge in [-0.1, -0.05) is 24.3 Å². The minimum atomic E-state index is -4.48. The predicted molar refractivity (Wildman–Crippen MR) is 141 cm³/mol. The van der Waals surface area contributed by atoms with Crippen LogP contribution < -0.4 is 15.4 Å². The van der Waals surface area contributed by atoms with Crippen LogP contribution in [0.15, 0.2) is 42.5 Å². The lowest BCUT2D eigenvalue weighted by molar-refractivity contribution is -0.139. The molecule has 2 heterocycles. The Morgan fingerprint density at radius 1 is 1.23 bits per heavy atom. The Morgan fingerprint density at radius 2 is 2.00 bits per heavy atom. The number of fused-ring (bicyclic) bond motifs is 13. The minimum absolute atomic E-state index is 0.0236. The number of hydrogen-bond donors (Lipinski definition) is 3. The number of ether oxygens (including phenoxy) is 1. The molecule has 11 heteroatoms. The molecule has 7 nitrogen and oxygen atoms in total. The average molecular weight is 564 g/mol. The first-order valence-electron chi connectivity index (χ1n) is 12.9. The third-order valence-electron chi connectivity index (χ3n) is 6.70. The van der Waals surface area contributed by atoms with E-state index in [1.165, 1.54) is 36.2 Å². The maximum absolute atomic E-state index is 14.7. The second-order valence-electron chi connectivity index (χ2n) is 9.71. The van der Waals surface area contributed by atoms with Crippen molar-refractivity contribution in [3.05, 3.63) is 65.0 Å². The summed E-state index contributed by atoms with van der Waals surface area (Å²) in [6.45, 7) is 0.138. The van der Waals surface area contributed by atoms with Crippen molar-refractivity contribution in [2.45, 2.75) is 63.0 Å². The van der Waals surface area contributed by atoms with E-state index in [1.807, 2.05) is 0 Å². The molecule has 2 aliphatic rings. The average Bonchev–Trinajstić information content (AvgIpc) is 2.90. The third-order valence-corrected chi connectivity index (χ3v) is 6.70. The second kappa shape index (κ2) is 14.1. The van der Waals surface area contributed by atoms with E-state index in [9.17, 15) is 32.3 Å². The Morgan fingerprint density at radius 3 is 2.70 bits per heavy atom. The largest absolute Gasteiger partial charge is 0.491 e. The molecule has 2 aromatic carbocycles. The van der Waals surface area contributed by atoms with Crippen LogP contribution in [0.3, 0.4) is 0 Å². The fraction of sp³-hybridized carbons (Fsp3) is 0.448. The summed E-state index contributed by atoms with van der Waals surface area (Å²) in [4.78, 5) is 27.3. The smallest absolute Gasteiger partial charge is 0.416 e. The Balaban J connectivity index is 1.80. The van der Waals surface area contributed by atoms with Gasteiger partial charge < -0.3 is 25.4 Å². The van der Waals surface area contributed by atoms with E-state index >= 15 is 0 Å². The molecule has 0 saturated heterocycles.